The van der Waals surface area contributed by atoms with Gasteiger partial charge in [0, 0.05) is 12.1 Å². The molecule has 3 heteroatoms. The fraction of sp³-hybridized carbons (Fsp3) is 0.600. The van der Waals surface area contributed by atoms with Gasteiger partial charge >= 0.3 is 0 Å². The highest BCUT2D eigenvalue weighted by Gasteiger charge is 2.18. The number of benzene rings is 1. The predicted molar refractivity (Wildman–Crippen MR) is 73.1 cm³/mol. The molecule has 0 spiro atoms. The summed E-state index contributed by atoms with van der Waals surface area (Å²) in [6.45, 7) is 2.92. The molecule has 0 aromatic heterocycles. The summed E-state index contributed by atoms with van der Waals surface area (Å²) in [7, 11) is 0. The van der Waals surface area contributed by atoms with Gasteiger partial charge in [0.2, 0.25) is 0 Å². The zero-order valence-electron chi connectivity index (χ0n) is 11.1. The maximum absolute atomic E-state index is 13.0. The van der Waals surface area contributed by atoms with E-state index in [2.05, 4.69) is 5.32 Å². The van der Waals surface area contributed by atoms with E-state index in [1.54, 1.807) is 12.1 Å². The average molecular weight is 250 g/mol. The van der Waals surface area contributed by atoms with Crippen LogP contribution in [0.2, 0.25) is 0 Å². The Morgan fingerprint density at radius 2 is 2.22 bits per heavy atom. The third-order valence-electron chi connectivity index (χ3n) is 3.85. The van der Waals surface area contributed by atoms with Crippen LogP contribution >= 0.6 is 0 Å². The number of aryl methyl sites for hydroxylation is 1. The number of halogens is 1. The Balaban J connectivity index is 1.77. The highest BCUT2D eigenvalue weighted by atomic mass is 19.1. The van der Waals surface area contributed by atoms with Crippen LogP contribution in [0.3, 0.4) is 0 Å². The molecule has 0 amide bonds. The molecule has 1 saturated carbocycles. The molecule has 0 heterocycles. The topological polar surface area (TPSA) is 38.0 Å². The number of rotatable bonds is 4. The van der Waals surface area contributed by atoms with Crippen molar-refractivity contribution in [3.63, 3.8) is 0 Å². The highest BCUT2D eigenvalue weighted by Crippen LogP contribution is 2.17. The summed E-state index contributed by atoms with van der Waals surface area (Å²) < 4.78 is 13.0. The van der Waals surface area contributed by atoms with E-state index in [4.69, 9.17) is 5.73 Å². The van der Waals surface area contributed by atoms with Crippen molar-refractivity contribution < 1.29 is 4.39 Å². The zero-order chi connectivity index (χ0) is 13.0. The molecule has 18 heavy (non-hydrogen) atoms. The van der Waals surface area contributed by atoms with Crippen LogP contribution in [0.4, 0.5) is 4.39 Å². The molecule has 100 valence electrons. The first-order valence-electron chi connectivity index (χ1n) is 6.89. The largest absolute Gasteiger partial charge is 0.328 e. The maximum Gasteiger partial charge on any atom is 0.123 e. The van der Waals surface area contributed by atoms with Gasteiger partial charge < -0.3 is 11.1 Å². The smallest absolute Gasteiger partial charge is 0.123 e. The quantitative estimate of drug-likeness (QED) is 0.862. The van der Waals surface area contributed by atoms with E-state index in [1.165, 1.54) is 18.4 Å². The molecule has 0 saturated heterocycles. The molecule has 3 N–H and O–H groups in total. The third-order valence-corrected chi connectivity index (χ3v) is 3.85. The molecule has 2 unspecified atom stereocenters. The van der Waals surface area contributed by atoms with Crippen molar-refractivity contribution in [1.82, 2.24) is 5.32 Å². The van der Waals surface area contributed by atoms with Gasteiger partial charge in [-0.15, -0.1) is 0 Å². The van der Waals surface area contributed by atoms with Crippen LogP contribution in [0.15, 0.2) is 18.2 Å². The zero-order valence-corrected chi connectivity index (χ0v) is 11.1. The minimum absolute atomic E-state index is 0.150. The van der Waals surface area contributed by atoms with Gasteiger partial charge in [-0.1, -0.05) is 12.5 Å². The molecule has 1 aromatic rings. The van der Waals surface area contributed by atoms with Crippen molar-refractivity contribution in [3.05, 3.63) is 35.1 Å². The fourth-order valence-electron chi connectivity index (χ4n) is 2.76. The molecule has 2 atom stereocenters. The lowest BCUT2D eigenvalue weighted by atomic mass is 9.91. The van der Waals surface area contributed by atoms with Crippen molar-refractivity contribution in [2.75, 3.05) is 6.54 Å². The van der Waals surface area contributed by atoms with Crippen molar-refractivity contribution in [3.8, 4) is 0 Å². The lowest BCUT2D eigenvalue weighted by molar-refractivity contribution is 0.341. The normalized spacial score (nSPS) is 24.2. The minimum atomic E-state index is -0.150. The molecule has 0 bridgehead atoms. The van der Waals surface area contributed by atoms with Crippen molar-refractivity contribution in [2.45, 2.75) is 51.1 Å². The van der Waals surface area contributed by atoms with Crippen LogP contribution in [0.25, 0.3) is 0 Å². The molecule has 0 radical (unpaired) electrons. The lowest BCUT2D eigenvalue weighted by Gasteiger charge is -2.27. The minimum Gasteiger partial charge on any atom is -0.328 e. The molecule has 0 aliphatic heterocycles. The number of nitrogens with one attached hydrogen (secondary N) is 1. The third kappa shape index (κ3) is 3.79. The summed E-state index contributed by atoms with van der Waals surface area (Å²) in [5.74, 6) is -0.150. The average Bonchev–Trinajstić information content (AvgIpc) is 2.32. The van der Waals surface area contributed by atoms with Gasteiger partial charge in [-0.3, -0.25) is 0 Å². The van der Waals surface area contributed by atoms with Gasteiger partial charge in [0.15, 0.2) is 0 Å². The van der Waals surface area contributed by atoms with Crippen LogP contribution in [0, 0.1) is 12.7 Å². The van der Waals surface area contributed by atoms with Gasteiger partial charge in [0.25, 0.3) is 0 Å². The van der Waals surface area contributed by atoms with Crippen molar-refractivity contribution in [2.24, 2.45) is 5.73 Å². The molecule has 2 rings (SSSR count). The standard InChI is InChI=1S/C15H23FN2/c1-11-9-13(16)6-5-12(11)7-8-18-15-4-2-3-14(17)10-15/h5-6,9,14-15,18H,2-4,7-8,10,17H2,1H3. The SMILES string of the molecule is Cc1cc(F)ccc1CCNC1CCCC(N)C1. The summed E-state index contributed by atoms with van der Waals surface area (Å²) in [6.07, 6.45) is 5.67. The van der Waals surface area contributed by atoms with E-state index >= 15 is 0 Å². The Labute approximate surface area is 109 Å². The monoisotopic (exact) mass is 250 g/mol. The van der Waals surface area contributed by atoms with Crippen LogP contribution in [-0.4, -0.2) is 18.6 Å². The summed E-state index contributed by atoms with van der Waals surface area (Å²) in [4.78, 5) is 0. The molecule has 1 fully saturated rings. The van der Waals surface area contributed by atoms with Crippen LogP contribution in [0.1, 0.15) is 36.8 Å². The number of hydrogen-bond donors (Lipinski definition) is 2. The molecular formula is C15H23FN2. The van der Waals surface area contributed by atoms with Crippen molar-refractivity contribution in [1.29, 1.82) is 0 Å². The van der Waals surface area contributed by atoms with E-state index in [1.807, 2.05) is 13.0 Å². The Hall–Kier alpha value is -0.930. The Morgan fingerprint density at radius 3 is 2.94 bits per heavy atom. The van der Waals surface area contributed by atoms with Gasteiger partial charge in [-0.25, -0.2) is 4.39 Å². The maximum atomic E-state index is 13.0. The second kappa shape index (κ2) is 6.30. The lowest BCUT2D eigenvalue weighted by Crippen LogP contribution is -2.40. The summed E-state index contributed by atoms with van der Waals surface area (Å²) >= 11 is 0. The summed E-state index contributed by atoms with van der Waals surface area (Å²) in [5, 5.41) is 3.57. The van der Waals surface area contributed by atoms with Gasteiger partial charge in [-0.2, -0.15) is 0 Å². The summed E-state index contributed by atoms with van der Waals surface area (Å²) in [5.41, 5.74) is 8.23. The molecule has 1 aliphatic rings. The van der Waals surface area contributed by atoms with Gasteiger partial charge in [-0.05, 0) is 62.4 Å². The van der Waals surface area contributed by atoms with Crippen LogP contribution in [0.5, 0.6) is 0 Å². The van der Waals surface area contributed by atoms with E-state index < -0.39 is 0 Å². The van der Waals surface area contributed by atoms with E-state index in [-0.39, 0.29) is 5.82 Å². The van der Waals surface area contributed by atoms with Crippen LogP contribution < -0.4 is 11.1 Å². The Kier molecular flexibility index (Phi) is 4.72. The molecule has 1 aromatic carbocycles. The predicted octanol–water partition coefficient (Wildman–Crippen LogP) is 2.54. The Morgan fingerprint density at radius 1 is 1.39 bits per heavy atom. The molecular weight excluding hydrogens is 227 g/mol. The molecule has 2 nitrogen and oxygen atoms in total. The molecule has 1 aliphatic carbocycles. The second-order valence-corrected chi connectivity index (χ2v) is 5.40. The summed E-state index contributed by atoms with van der Waals surface area (Å²) in [6, 6.07) is 5.96. The number of nitrogens with two attached hydrogens (primary N) is 1. The fourth-order valence-corrected chi connectivity index (χ4v) is 2.76. The second-order valence-electron chi connectivity index (χ2n) is 5.40. The van der Waals surface area contributed by atoms with E-state index in [0.717, 1.165) is 31.4 Å². The first-order chi connectivity index (χ1) is 8.65. The van der Waals surface area contributed by atoms with Gasteiger partial charge in [0.05, 0.1) is 0 Å². The number of hydrogen-bond acceptors (Lipinski definition) is 2. The van der Waals surface area contributed by atoms with Crippen molar-refractivity contribution >= 4 is 0 Å². The van der Waals surface area contributed by atoms with E-state index in [9.17, 15) is 4.39 Å². The van der Waals surface area contributed by atoms with Crippen LogP contribution in [-0.2, 0) is 6.42 Å². The highest BCUT2D eigenvalue weighted by molar-refractivity contribution is 5.26. The first-order valence-corrected chi connectivity index (χ1v) is 6.89. The van der Waals surface area contributed by atoms with Gasteiger partial charge in [0.1, 0.15) is 5.82 Å². The van der Waals surface area contributed by atoms with E-state index in [0.29, 0.717) is 12.1 Å². The first kappa shape index (κ1) is 13.5. The Bertz CT molecular complexity index is 392.